The summed E-state index contributed by atoms with van der Waals surface area (Å²) in [6.07, 6.45) is 0. The molecule has 0 fully saturated rings. The van der Waals surface area contributed by atoms with Crippen LogP contribution in [-0.4, -0.2) is 19.5 Å². The molecule has 0 spiro atoms. The van der Waals surface area contributed by atoms with Crippen LogP contribution in [0, 0.1) is 0 Å². The van der Waals surface area contributed by atoms with E-state index in [1.807, 2.05) is 60.7 Å². The third-order valence-electron chi connectivity index (χ3n) is 10.7. The van der Waals surface area contributed by atoms with Gasteiger partial charge < -0.3 is 8.98 Å². The van der Waals surface area contributed by atoms with Crippen LogP contribution >= 0.6 is 0 Å². The highest BCUT2D eigenvalue weighted by atomic mass is 16.3. The molecule has 0 bridgehead atoms. The molecule has 56 heavy (non-hydrogen) atoms. The number of furan rings is 1. The molecule has 0 amide bonds. The Hall–Kier alpha value is -7.63. The molecule has 262 valence electrons. The van der Waals surface area contributed by atoms with Crippen molar-refractivity contribution >= 4 is 43.7 Å². The molecule has 0 unspecified atom stereocenters. The van der Waals surface area contributed by atoms with E-state index >= 15 is 0 Å². The second-order valence-electron chi connectivity index (χ2n) is 13.9. The summed E-state index contributed by atoms with van der Waals surface area (Å²) in [4.78, 5) is 15.4. The van der Waals surface area contributed by atoms with Crippen molar-refractivity contribution in [2.24, 2.45) is 0 Å². The molecule has 8 aromatic carbocycles. The summed E-state index contributed by atoms with van der Waals surface area (Å²) >= 11 is 0. The number of rotatable bonds is 6. The highest BCUT2D eigenvalue weighted by Gasteiger charge is 2.24. The lowest BCUT2D eigenvalue weighted by molar-refractivity contribution is 0.669. The minimum absolute atomic E-state index is 0.606. The number of aromatic nitrogens is 4. The van der Waals surface area contributed by atoms with Gasteiger partial charge >= 0.3 is 0 Å². The van der Waals surface area contributed by atoms with Crippen LogP contribution in [0.3, 0.4) is 0 Å². The standard InChI is InChI=1S/C51H32N4O/c1-4-17-33(18-5-1)36-23-10-11-24-37(36)39-26-15-31-44-46(39)47-43(30-16-32-45(47)56-44)55-42-29-13-12-25-38(42)40-27-14-28-41(48(40)55)51-53-49(34-19-6-2-7-20-34)52-50(54-51)35-21-8-3-9-22-35/h1-32H. The van der Waals surface area contributed by atoms with Gasteiger partial charge in [-0.15, -0.1) is 0 Å². The number of fused-ring (bicyclic) bond motifs is 6. The second kappa shape index (κ2) is 13.0. The van der Waals surface area contributed by atoms with E-state index < -0.39 is 0 Å². The Morgan fingerprint density at radius 2 is 0.839 bits per heavy atom. The van der Waals surface area contributed by atoms with Crippen LogP contribution in [0.15, 0.2) is 199 Å². The Kier molecular flexibility index (Phi) is 7.42. The van der Waals surface area contributed by atoms with Gasteiger partial charge in [-0.1, -0.05) is 164 Å². The smallest absolute Gasteiger partial charge is 0.166 e. The van der Waals surface area contributed by atoms with Crippen molar-refractivity contribution in [1.82, 2.24) is 19.5 Å². The van der Waals surface area contributed by atoms with E-state index in [9.17, 15) is 0 Å². The Balaban J connectivity index is 1.23. The van der Waals surface area contributed by atoms with Crippen molar-refractivity contribution in [1.29, 1.82) is 0 Å². The van der Waals surface area contributed by atoms with E-state index in [-0.39, 0.29) is 0 Å². The summed E-state index contributed by atoms with van der Waals surface area (Å²) in [7, 11) is 0. The first-order valence-corrected chi connectivity index (χ1v) is 18.8. The fraction of sp³-hybridized carbons (Fsp3) is 0. The fourth-order valence-electron chi connectivity index (χ4n) is 8.22. The quantitative estimate of drug-likeness (QED) is 0.172. The van der Waals surface area contributed by atoms with Crippen LogP contribution in [-0.2, 0) is 0 Å². The highest BCUT2D eigenvalue weighted by Crippen LogP contribution is 2.45. The zero-order valence-electron chi connectivity index (χ0n) is 30.2. The average Bonchev–Trinajstić information content (AvgIpc) is 3.84. The van der Waals surface area contributed by atoms with Gasteiger partial charge in [0, 0.05) is 32.8 Å². The Morgan fingerprint density at radius 1 is 0.339 bits per heavy atom. The molecule has 0 aliphatic rings. The third kappa shape index (κ3) is 5.13. The SMILES string of the molecule is c1ccc(-c2nc(-c3ccccc3)nc(-c3cccc4c5ccccc5n(-c5cccc6oc7cccc(-c8ccccc8-c8ccccc8)c7c56)c34)n2)cc1. The molecule has 0 aliphatic carbocycles. The van der Waals surface area contributed by atoms with Crippen LogP contribution in [0.25, 0.3) is 106 Å². The number of hydrogen-bond acceptors (Lipinski definition) is 4. The van der Waals surface area contributed by atoms with Crippen molar-refractivity contribution in [3.05, 3.63) is 194 Å². The van der Waals surface area contributed by atoms with Crippen molar-refractivity contribution in [3.8, 4) is 62.1 Å². The maximum absolute atomic E-state index is 6.72. The summed E-state index contributed by atoms with van der Waals surface area (Å²) in [5, 5.41) is 4.37. The summed E-state index contributed by atoms with van der Waals surface area (Å²) in [6, 6.07) is 67.3. The van der Waals surface area contributed by atoms with Gasteiger partial charge in [0.15, 0.2) is 17.5 Å². The first-order chi connectivity index (χ1) is 27.8. The molecule has 0 saturated heterocycles. The van der Waals surface area contributed by atoms with E-state index in [2.05, 4.69) is 138 Å². The lowest BCUT2D eigenvalue weighted by atomic mass is 9.92. The lowest BCUT2D eigenvalue weighted by Gasteiger charge is -2.15. The summed E-state index contributed by atoms with van der Waals surface area (Å²) in [5.41, 5.74) is 12.2. The first-order valence-electron chi connectivity index (χ1n) is 18.8. The van der Waals surface area contributed by atoms with E-state index in [1.54, 1.807) is 0 Å². The van der Waals surface area contributed by atoms with Gasteiger partial charge in [0.05, 0.1) is 22.1 Å². The van der Waals surface area contributed by atoms with Crippen molar-refractivity contribution in [3.63, 3.8) is 0 Å². The van der Waals surface area contributed by atoms with Gasteiger partial charge in [-0.05, 0) is 52.6 Å². The van der Waals surface area contributed by atoms with Crippen molar-refractivity contribution in [2.75, 3.05) is 0 Å². The van der Waals surface area contributed by atoms with Crippen LogP contribution < -0.4 is 0 Å². The van der Waals surface area contributed by atoms with Gasteiger partial charge in [0.1, 0.15) is 11.2 Å². The largest absolute Gasteiger partial charge is 0.456 e. The lowest BCUT2D eigenvalue weighted by Crippen LogP contribution is -2.02. The van der Waals surface area contributed by atoms with Gasteiger partial charge in [-0.3, -0.25) is 0 Å². The second-order valence-corrected chi connectivity index (χ2v) is 13.9. The van der Waals surface area contributed by atoms with E-state index in [0.29, 0.717) is 17.5 Å². The topological polar surface area (TPSA) is 56.7 Å². The molecule has 0 radical (unpaired) electrons. The number of benzene rings is 8. The molecular weight excluding hydrogens is 685 g/mol. The number of hydrogen-bond donors (Lipinski definition) is 0. The van der Waals surface area contributed by atoms with Crippen molar-refractivity contribution < 1.29 is 4.42 Å². The van der Waals surface area contributed by atoms with Crippen LogP contribution in [0.4, 0.5) is 0 Å². The van der Waals surface area contributed by atoms with Gasteiger partial charge in [0.25, 0.3) is 0 Å². The molecule has 0 atom stereocenters. The predicted octanol–water partition coefficient (Wildman–Crippen LogP) is 13.2. The van der Waals surface area contributed by atoms with Gasteiger partial charge in [-0.2, -0.15) is 0 Å². The zero-order valence-corrected chi connectivity index (χ0v) is 30.2. The molecule has 0 saturated carbocycles. The molecule has 11 rings (SSSR count). The van der Waals surface area contributed by atoms with Gasteiger partial charge in [0.2, 0.25) is 0 Å². The minimum Gasteiger partial charge on any atom is -0.456 e. The van der Waals surface area contributed by atoms with E-state index in [4.69, 9.17) is 19.4 Å². The maximum Gasteiger partial charge on any atom is 0.166 e. The minimum atomic E-state index is 0.606. The number of para-hydroxylation sites is 2. The molecule has 11 aromatic rings. The van der Waals surface area contributed by atoms with Crippen LogP contribution in [0.2, 0.25) is 0 Å². The highest BCUT2D eigenvalue weighted by molar-refractivity contribution is 6.20. The average molecular weight is 717 g/mol. The molecular formula is C51H32N4O. The molecule has 5 heteroatoms. The molecule has 0 aliphatic heterocycles. The maximum atomic E-state index is 6.72. The Bertz CT molecular complexity index is 3180. The summed E-state index contributed by atoms with van der Waals surface area (Å²) in [6.45, 7) is 0. The Morgan fingerprint density at radius 3 is 1.55 bits per heavy atom. The van der Waals surface area contributed by atoms with Gasteiger partial charge in [-0.25, -0.2) is 15.0 Å². The van der Waals surface area contributed by atoms with Crippen molar-refractivity contribution in [2.45, 2.75) is 0 Å². The Labute approximate surface area is 322 Å². The third-order valence-corrected chi connectivity index (χ3v) is 10.7. The van der Waals surface area contributed by atoms with Crippen LogP contribution in [0.1, 0.15) is 0 Å². The number of nitrogens with zero attached hydrogens (tertiary/aromatic N) is 4. The van der Waals surface area contributed by atoms with Crippen LogP contribution in [0.5, 0.6) is 0 Å². The fourth-order valence-corrected chi connectivity index (χ4v) is 8.22. The predicted molar refractivity (Wildman–Crippen MR) is 229 cm³/mol. The zero-order chi connectivity index (χ0) is 37.0. The molecule has 0 N–H and O–H groups in total. The normalized spacial score (nSPS) is 11.6. The van der Waals surface area contributed by atoms with E-state index in [1.165, 1.54) is 11.1 Å². The first kappa shape index (κ1) is 31.9. The molecule has 5 nitrogen and oxygen atoms in total. The summed E-state index contributed by atoms with van der Waals surface area (Å²) in [5.74, 6) is 1.85. The monoisotopic (exact) mass is 716 g/mol. The van der Waals surface area contributed by atoms with E-state index in [0.717, 1.165) is 77.2 Å². The molecule has 3 aromatic heterocycles. The molecule has 3 heterocycles. The summed E-state index contributed by atoms with van der Waals surface area (Å²) < 4.78 is 9.10.